The van der Waals surface area contributed by atoms with Crippen molar-refractivity contribution in [2.75, 3.05) is 18.1 Å². The van der Waals surface area contributed by atoms with Crippen molar-refractivity contribution in [1.29, 1.82) is 0 Å². The molecule has 0 aromatic heterocycles. The van der Waals surface area contributed by atoms with Crippen LogP contribution in [0.15, 0.2) is 24.3 Å². The first-order chi connectivity index (χ1) is 9.49. The molecule has 0 spiro atoms. The van der Waals surface area contributed by atoms with E-state index in [9.17, 15) is 4.79 Å². The van der Waals surface area contributed by atoms with E-state index < -0.39 is 0 Å². The molecular weight excluding hydrogens is 294 g/mol. The molecule has 1 aromatic carbocycles. The normalized spacial score (nSPS) is 12.2. The largest absolute Gasteiger partial charge is 0.493 e. The van der Waals surface area contributed by atoms with E-state index in [0.29, 0.717) is 23.3 Å². The summed E-state index contributed by atoms with van der Waals surface area (Å²) in [6.07, 6.45) is 0. The van der Waals surface area contributed by atoms with Crippen molar-refractivity contribution in [2.45, 2.75) is 26.8 Å². The van der Waals surface area contributed by atoms with Crippen LogP contribution in [0.25, 0.3) is 0 Å². The van der Waals surface area contributed by atoms with E-state index in [1.807, 2.05) is 19.1 Å². The molecule has 1 rings (SSSR count). The lowest BCUT2D eigenvalue weighted by Crippen LogP contribution is -2.37. The van der Waals surface area contributed by atoms with Crippen LogP contribution < -0.4 is 10.1 Å². The summed E-state index contributed by atoms with van der Waals surface area (Å²) in [7, 11) is 0. The van der Waals surface area contributed by atoms with Gasteiger partial charge in [-0.3, -0.25) is 4.79 Å². The molecule has 3 nitrogen and oxygen atoms in total. The van der Waals surface area contributed by atoms with Gasteiger partial charge in [-0.2, -0.15) is 0 Å². The molecule has 0 radical (unpaired) electrons. The molecule has 0 aliphatic carbocycles. The third-order valence-electron chi connectivity index (χ3n) is 2.93. The molecule has 20 heavy (non-hydrogen) atoms. The molecule has 0 fully saturated rings. The number of amides is 1. The van der Waals surface area contributed by atoms with Gasteiger partial charge in [0.25, 0.3) is 0 Å². The molecule has 0 saturated carbocycles. The highest BCUT2D eigenvalue weighted by Crippen LogP contribution is 2.15. The van der Waals surface area contributed by atoms with Crippen LogP contribution in [-0.4, -0.2) is 30.1 Å². The highest BCUT2D eigenvalue weighted by Gasteiger charge is 2.10. The van der Waals surface area contributed by atoms with E-state index in [1.165, 1.54) is 0 Å². The smallest absolute Gasteiger partial charge is 0.230 e. The Morgan fingerprint density at radius 2 is 1.95 bits per heavy atom. The summed E-state index contributed by atoms with van der Waals surface area (Å²) in [5.41, 5.74) is 0. The number of benzene rings is 1. The Hall–Kier alpha value is -0.870. The Labute approximate surface area is 130 Å². The lowest BCUT2D eigenvalue weighted by atomic mass is 10.1. The minimum Gasteiger partial charge on any atom is -0.493 e. The first-order valence-corrected chi connectivity index (χ1v) is 8.27. The predicted molar refractivity (Wildman–Crippen MR) is 86.7 cm³/mol. The Kier molecular flexibility index (Phi) is 7.85. The highest BCUT2D eigenvalue weighted by atomic mass is 35.5. The van der Waals surface area contributed by atoms with Crippen LogP contribution in [0.5, 0.6) is 5.75 Å². The standard InChI is InChI=1S/C15H22ClNO2S/c1-11(2)12(3)17-15(18)10-20-9-8-19-14-6-4-13(16)5-7-14/h4-7,11-12H,8-10H2,1-3H3,(H,17,18). The minimum atomic E-state index is 0.0858. The molecule has 0 aliphatic heterocycles. The van der Waals surface area contributed by atoms with Gasteiger partial charge in [0.1, 0.15) is 5.75 Å². The zero-order chi connectivity index (χ0) is 15.0. The quantitative estimate of drug-likeness (QED) is 0.745. The van der Waals surface area contributed by atoms with Crippen LogP contribution in [-0.2, 0) is 4.79 Å². The number of ether oxygens (including phenoxy) is 1. The van der Waals surface area contributed by atoms with Crippen molar-refractivity contribution in [1.82, 2.24) is 5.32 Å². The average Bonchev–Trinajstić information content (AvgIpc) is 2.40. The van der Waals surface area contributed by atoms with Crippen LogP contribution in [0.4, 0.5) is 0 Å². The molecule has 0 heterocycles. The zero-order valence-corrected chi connectivity index (χ0v) is 13.8. The molecule has 5 heteroatoms. The number of carbonyl (C=O) groups is 1. The van der Waals surface area contributed by atoms with Gasteiger partial charge >= 0.3 is 0 Å². The van der Waals surface area contributed by atoms with Crippen molar-refractivity contribution < 1.29 is 9.53 Å². The van der Waals surface area contributed by atoms with Crippen molar-refractivity contribution >= 4 is 29.3 Å². The van der Waals surface area contributed by atoms with E-state index >= 15 is 0 Å². The van der Waals surface area contributed by atoms with E-state index in [-0.39, 0.29) is 11.9 Å². The molecule has 0 aliphatic rings. The lowest BCUT2D eigenvalue weighted by molar-refractivity contribution is -0.119. The Morgan fingerprint density at radius 1 is 1.30 bits per heavy atom. The molecule has 0 saturated heterocycles. The fraction of sp³-hybridized carbons (Fsp3) is 0.533. The van der Waals surface area contributed by atoms with Gasteiger partial charge in [0.05, 0.1) is 12.4 Å². The Morgan fingerprint density at radius 3 is 2.55 bits per heavy atom. The van der Waals surface area contributed by atoms with Crippen LogP contribution >= 0.6 is 23.4 Å². The second-order valence-electron chi connectivity index (χ2n) is 4.96. The lowest BCUT2D eigenvalue weighted by Gasteiger charge is -2.17. The van der Waals surface area contributed by atoms with Crippen LogP contribution in [0.1, 0.15) is 20.8 Å². The summed E-state index contributed by atoms with van der Waals surface area (Å²) in [4.78, 5) is 11.6. The summed E-state index contributed by atoms with van der Waals surface area (Å²) in [5, 5.41) is 3.68. The summed E-state index contributed by atoms with van der Waals surface area (Å²) >= 11 is 7.36. The van der Waals surface area contributed by atoms with Gasteiger partial charge in [0.15, 0.2) is 0 Å². The van der Waals surface area contributed by atoms with E-state index in [1.54, 1.807) is 23.9 Å². The van der Waals surface area contributed by atoms with Gasteiger partial charge < -0.3 is 10.1 Å². The van der Waals surface area contributed by atoms with Gasteiger partial charge in [0, 0.05) is 16.8 Å². The number of halogens is 1. The molecule has 1 amide bonds. The van der Waals surface area contributed by atoms with Crippen LogP contribution in [0.3, 0.4) is 0 Å². The van der Waals surface area contributed by atoms with E-state index in [4.69, 9.17) is 16.3 Å². The van der Waals surface area contributed by atoms with Gasteiger partial charge in [-0.1, -0.05) is 25.4 Å². The number of rotatable bonds is 8. The SMILES string of the molecule is CC(C)C(C)NC(=O)CSCCOc1ccc(Cl)cc1. The predicted octanol–water partition coefficient (Wildman–Crippen LogP) is 3.61. The van der Waals surface area contributed by atoms with Gasteiger partial charge in [0.2, 0.25) is 5.91 Å². The third kappa shape index (κ3) is 7.06. The second kappa shape index (κ2) is 9.14. The Balaban J connectivity index is 2.10. The van der Waals surface area contributed by atoms with Crippen molar-refractivity contribution in [3.63, 3.8) is 0 Å². The third-order valence-corrected chi connectivity index (χ3v) is 4.11. The zero-order valence-electron chi connectivity index (χ0n) is 12.2. The first kappa shape index (κ1) is 17.2. The van der Waals surface area contributed by atoms with Crippen LogP contribution in [0.2, 0.25) is 5.02 Å². The molecular formula is C15H22ClNO2S. The highest BCUT2D eigenvalue weighted by molar-refractivity contribution is 7.99. The summed E-state index contributed by atoms with van der Waals surface area (Å²) in [5.74, 6) is 2.60. The van der Waals surface area contributed by atoms with Gasteiger partial charge in [-0.25, -0.2) is 0 Å². The van der Waals surface area contributed by atoms with Crippen molar-refractivity contribution in [2.24, 2.45) is 5.92 Å². The second-order valence-corrected chi connectivity index (χ2v) is 6.50. The molecule has 1 atom stereocenters. The van der Waals surface area contributed by atoms with Gasteiger partial charge in [-0.15, -0.1) is 11.8 Å². The molecule has 112 valence electrons. The fourth-order valence-electron chi connectivity index (χ4n) is 1.38. The molecule has 1 aromatic rings. The van der Waals surface area contributed by atoms with Crippen molar-refractivity contribution in [3.8, 4) is 5.75 Å². The first-order valence-electron chi connectivity index (χ1n) is 6.74. The molecule has 0 bridgehead atoms. The number of thioether (sulfide) groups is 1. The Bertz CT molecular complexity index is 409. The number of carbonyl (C=O) groups excluding carboxylic acids is 1. The molecule has 1 unspecified atom stereocenters. The maximum atomic E-state index is 11.6. The summed E-state index contributed by atoms with van der Waals surface area (Å²) in [6.45, 7) is 6.80. The number of hydrogen-bond donors (Lipinski definition) is 1. The number of hydrogen-bond acceptors (Lipinski definition) is 3. The maximum absolute atomic E-state index is 11.6. The fourth-order valence-corrected chi connectivity index (χ4v) is 2.12. The van der Waals surface area contributed by atoms with Crippen molar-refractivity contribution in [3.05, 3.63) is 29.3 Å². The van der Waals surface area contributed by atoms with Gasteiger partial charge in [-0.05, 0) is 37.1 Å². The van der Waals surface area contributed by atoms with E-state index in [2.05, 4.69) is 19.2 Å². The topological polar surface area (TPSA) is 38.3 Å². The monoisotopic (exact) mass is 315 g/mol. The number of nitrogens with one attached hydrogen (secondary N) is 1. The van der Waals surface area contributed by atoms with E-state index in [0.717, 1.165) is 11.5 Å². The summed E-state index contributed by atoms with van der Waals surface area (Å²) < 4.78 is 5.55. The van der Waals surface area contributed by atoms with Crippen LogP contribution in [0, 0.1) is 5.92 Å². The summed E-state index contributed by atoms with van der Waals surface area (Å²) in [6, 6.07) is 7.48. The minimum absolute atomic E-state index is 0.0858. The maximum Gasteiger partial charge on any atom is 0.230 e. The molecule has 1 N–H and O–H groups in total. The average molecular weight is 316 g/mol.